The summed E-state index contributed by atoms with van der Waals surface area (Å²) >= 11 is 1.76. The van der Waals surface area contributed by atoms with Crippen LogP contribution < -0.4 is 0 Å². The van der Waals surface area contributed by atoms with Crippen LogP contribution in [0, 0.1) is 0 Å². The number of fused-ring (bicyclic) bond motifs is 1. The summed E-state index contributed by atoms with van der Waals surface area (Å²) in [7, 11) is 2.03. The Balaban J connectivity index is 1.84. The summed E-state index contributed by atoms with van der Waals surface area (Å²) in [6.07, 6.45) is 3.09. The summed E-state index contributed by atoms with van der Waals surface area (Å²) in [5.41, 5.74) is 4.08. The van der Waals surface area contributed by atoms with Crippen molar-refractivity contribution < 1.29 is 4.74 Å². The molecule has 2 aromatic rings. The molecule has 4 nitrogen and oxygen atoms in total. The maximum Gasteiger partial charge on any atom is 0.0760 e. The third-order valence-corrected chi connectivity index (χ3v) is 4.67. The van der Waals surface area contributed by atoms with E-state index in [1.165, 1.54) is 16.8 Å². The topological polar surface area (TPSA) is 30.3 Å². The first-order valence-electron chi connectivity index (χ1n) is 7.13. The first-order valence-corrected chi connectivity index (χ1v) is 8.07. The van der Waals surface area contributed by atoms with Crippen LogP contribution in [-0.2, 0) is 24.8 Å². The zero-order chi connectivity index (χ0) is 13.9. The van der Waals surface area contributed by atoms with Crippen molar-refractivity contribution in [2.45, 2.75) is 25.9 Å². The van der Waals surface area contributed by atoms with Crippen molar-refractivity contribution in [2.75, 3.05) is 19.8 Å². The maximum absolute atomic E-state index is 5.72. The van der Waals surface area contributed by atoms with Crippen molar-refractivity contribution in [1.82, 2.24) is 14.7 Å². The molecule has 2 aromatic heterocycles. The molecular weight excluding hydrogens is 270 g/mol. The summed E-state index contributed by atoms with van der Waals surface area (Å²) in [5, 5.41) is 8.80. The minimum Gasteiger partial charge on any atom is -0.380 e. The van der Waals surface area contributed by atoms with E-state index in [1.54, 1.807) is 11.3 Å². The van der Waals surface area contributed by atoms with Crippen molar-refractivity contribution >= 4 is 11.3 Å². The summed E-state index contributed by atoms with van der Waals surface area (Å²) in [6, 6.07) is 2.52. The second-order valence-electron chi connectivity index (χ2n) is 5.21. The molecule has 0 fully saturated rings. The molecule has 0 aliphatic carbocycles. The summed E-state index contributed by atoms with van der Waals surface area (Å²) in [5.74, 6) is 0. The molecule has 1 aliphatic rings. The second-order valence-corrected chi connectivity index (χ2v) is 5.99. The quantitative estimate of drug-likeness (QED) is 0.848. The standard InChI is InChI=1S/C15H21N3OS/c1-3-19-10-14-15-13(8-16-17(15)2)4-6-18(14)9-12-5-7-20-11-12/h5,7-8,11,14H,3-4,6,9-10H2,1-2H3/t14-/m0/s1. The van der Waals surface area contributed by atoms with Gasteiger partial charge in [0.2, 0.25) is 0 Å². The first kappa shape index (κ1) is 13.8. The normalized spacial score (nSPS) is 19.2. The van der Waals surface area contributed by atoms with Gasteiger partial charge in [-0.1, -0.05) is 0 Å². The molecule has 0 spiro atoms. The van der Waals surface area contributed by atoms with E-state index in [9.17, 15) is 0 Å². The molecule has 1 aliphatic heterocycles. The van der Waals surface area contributed by atoms with Gasteiger partial charge in [0.1, 0.15) is 0 Å². The molecule has 3 rings (SSSR count). The van der Waals surface area contributed by atoms with Gasteiger partial charge in [0.25, 0.3) is 0 Å². The van der Waals surface area contributed by atoms with Gasteiger partial charge in [-0.05, 0) is 41.3 Å². The maximum atomic E-state index is 5.72. The van der Waals surface area contributed by atoms with Crippen LogP contribution in [0.5, 0.6) is 0 Å². The lowest BCUT2D eigenvalue weighted by molar-refractivity contribution is 0.0519. The molecule has 0 saturated carbocycles. The van der Waals surface area contributed by atoms with Crippen molar-refractivity contribution in [2.24, 2.45) is 7.05 Å². The third-order valence-electron chi connectivity index (χ3n) is 3.93. The lowest BCUT2D eigenvalue weighted by Crippen LogP contribution is -2.38. The van der Waals surface area contributed by atoms with Crippen molar-refractivity contribution in [3.05, 3.63) is 39.8 Å². The number of hydrogen-bond donors (Lipinski definition) is 0. The predicted molar refractivity (Wildman–Crippen MR) is 80.9 cm³/mol. The molecular formula is C15H21N3OS. The molecule has 0 N–H and O–H groups in total. The van der Waals surface area contributed by atoms with Crippen molar-refractivity contribution in [1.29, 1.82) is 0 Å². The Morgan fingerprint density at radius 2 is 2.40 bits per heavy atom. The van der Waals surface area contributed by atoms with Crippen molar-refractivity contribution in [3.8, 4) is 0 Å². The minimum absolute atomic E-state index is 0.311. The number of aryl methyl sites for hydroxylation is 1. The number of ether oxygens (including phenoxy) is 1. The van der Waals surface area contributed by atoms with Gasteiger partial charge in [0.05, 0.1) is 24.5 Å². The van der Waals surface area contributed by atoms with Gasteiger partial charge in [-0.2, -0.15) is 16.4 Å². The fraction of sp³-hybridized carbons (Fsp3) is 0.533. The summed E-state index contributed by atoms with van der Waals surface area (Å²) in [4.78, 5) is 2.52. The van der Waals surface area contributed by atoms with Crippen LogP contribution in [0.2, 0.25) is 0 Å². The number of rotatable bonds is 5. The van der Waals surface area contributed by atoms with E-state index in [4.69, 9.17) is 4.74 Å². The Kier molecular flexibility index (Phi) is 4.19. The summed E-state index contributed by atoms with van der Waals surface area (Å²) in [6.45, 7) is 5.62. The van der Waals surface area contributed by atoms with Gasteiger partial charge in [-0.15, -0.1) is 0 Å². The van der Waals surface area contributed by atoms with E-state index in [0.717, 1.165) is 32.7 Å². The van der Waals surface area contributed by atoms with Crippen LogP contribution in [-0.4, -0.2) is 34.4 Å². The molecule has 0 saturated heterocycles. The molecule has 20 heavy (non-hydrogen) atoms. The highest BCUT2D eigenvalue weighted by Crippen LogP contribution is 2.31. The zero-order valence-corrected chi connectivity index (χ0v) is 12.9. The van der Waals surface area contributed by atoms with Crippen LogP contribution in [0.3, 0.4) is 0 Å². The van der Waals surface area contributed by atoms with Gasteiger partial charge in [-0.25, -0.2) is 0 Å². The van der Waals surface area contributed by atoms with E-state index in [0.29, 0.717) is 6.04 Å². The Bertz CT molecular complexity index is 549. The van der Waals surface area contributed by atoms with Gasteiger partial charge in [0.15, 0.2) is 0 Å². The van der Waals surface area contributed by atoms with E-state index >= 15 is 0 Å². The number of aromatic nitrogens is 2. The monoisotopic (exact) mass is 291 g/mol. The number of hydrogen-bond acceptors (Lipinski definition) is 4. The van der Waals surface area contributed by atoms with Gasteiger partial charge < -0.3 is 4.74 Å². The van der Waals surface area contributed by atoms with Crippen LogP contribution in [0.15, 0.2) is 23.0 Å². The van der Waals surface area contributed by atoms with Crippen LogP contribution in [0.25, 0.3) is 0 Å². The van der Waals surface area contributed by atoms with Crippen LogP contribution in [0.1, 0.15) is 29.8 Å². The minimum atomic E-state index is 0.311. The second kappa shape index (κ2) is 6.08. The Hall–Kier alpha value is -1.17. The van der Waals surface area contributed by atoms with Crippen LogP contribution >= 0.6 is 11.3 Å². The molecule has 5 heteroatoms. The number of thiophene rings is 1. The largest absolute Gasteiger partial charge is 0.380 e. The van der Waals surface area contributed by atoms with E-state index in [1.807, 2.05) is 17.9 Å². The molecule has 0 aromatic carbocycles. The number of nitrogens with zero attached hydrogens (tertiary/aromatic N) is 3. The first-order chi connectivity index (χ1) is 9.79. The fourth-order valence-electron chi connectivity index (χ4n) is 2.93. The molecule has 0 bridgehead atoms. The van der Waals surface area contributed by atoms with E-state index < -0.39 is 0 Å². The smallest absolute Gasteiger partial charge is 0.0760 e. The highest BCUT2D eigenvalue weighted by molar-refractivity contribution is 7.07. The SMILES string of the molecule is CCOC[C@H]1c2c(cnn2C)CCN1Cc1ccsc1. The average Bonchev–Trinajstić information content (AvgIpc) is 3.08. The molecule has 3 heterocycles. The Morgan fingerprint density at radius 3 is 3.15 bits per heavy atom. The Labute approximate surface area is 124 Å². The van der Waals surface area contributed by atoms with Gasteiger partial charge in [0, 0.05) is 26.7 Å². The lowest BCUT2D eigenvalue weighted by Gasteiger charge is -2.35. The average molecular weight is 291 g/mol. The molecule has 0 radical (unpaired) electrons. The predicted octanol–water partition coefficient (Wildman–Crippen LogP) is 2.62. The fourth-order valence-corrected chi connectivity index (χ4v) is 3.59. The zero-order valence-electron chi connectivity index (χ0n) is 12.1. The van der Waals surface area contributed by atoms with Crippen molar-refractivity contribution in [3.63, 3.8) is 0 Å². The van der Waals surface area contributed by atoms with E-state index in [-0.39, 0.29) is 0 Å². The summed E-state index contributed by atoms with van der Waals surface area (Å²) < 4.78 is 7.74. The highest BCUT2D eigenvalue weighted by Gasteiger charge is 2.30. The Morgan fingerprint density at radius 1 is 1.50 bits per heavy atom. The molecule has 0 unspecified atom stereocenters. The molecule has 108 valence electrons. The van der Waals surface area contributed by atoms with Gasteiger partial charge >= 0.3 is 0 Å². The molecule has 1 atom stereocenters. The van der Waals surface area contributed by atoms with Gasteiger partial charge in [-0.3, -0.25) is 9.58 Å². The third kappa shape index (κ3) is 2.66. The molecule has 0 amide bonds. The lowest BCUT2D eigenvalue weighted by atomic mass is 9.99. The van der Waals surface area contributed by atoms with E-state index in [2.05, 4.69) is 33.7 Å². The van der Waals surface area contributed by atoms with Crippen LogP contribution in [0.4, 0.5) is 0 Å². The highest BCUT2D eigenvalue weighted by atomic mass is 32.1.